The van der Waals surface area contributed by atoms with Gasteiger partial charge in [0.1, 0.15) is 28.9 Å². The largest absolute Gasteiger partial charge is 0.494 e. The molecule has 0 aliphatic heterocycles. The summed E-state index contributed by atoms with van der Waals surface area (Å²) in [7, 11) is 0. The maximum absolute atomic E-state index is 15.2. The molecule has 1 atom stereocenters. The predicted molar refractivity (Wildman–Crippen MR) is 121 cm³/mol. The fourth-order valence-corrected chi connectivity index (χ4v) is 3.52. The monoisotopic (exact) mass is 422 g/mol. The van der Waals surface area contributed by atoms with E-state index in [-0.39, 0.29) is 23.5 Å². The van der Waals surface area contributed by atoms with Crippen molar-refractivity contribution in [1.29, 1.82) is 0 Å². The van der Waals surface area contributed by atoms with Gasteiger partial charge in [0.25, 0.3) is 0 Å². The lowest BCUT2D eigenvalue weighted by atomic mass is 9.86. The Morgan fingerprint density at radius 2 is 1.58 bits per heavy atom. The predicted octanol–water partition coefficient (Wildman–Crippen LogP) is 7.85. The molecule has 3 rings (SSSR count). The Labute approximate surface area is 183 Å². The van der Waals surface area contributed by atoms with Crippen LogP contribution in [0.5, 0.6) is 17.2 Å². The number of hydrogen-bond acceptors (Lipinski definition) is 2. The van der Waals surface area contributed by atoms with Crippen molar-refractivity contribution < 1.29 is 18.3 Å². The van der Waals surface area contributed by atoms with Gasteiger partial charge in [-0.1, -0.05) is 38.1 Å². The molecule has 0 aliphatic carbocycles. The summed E-state index contributed by atoms with van der Waals surface area (Å²) < 4.78 is 39.5. The lowest BCUT2D eigenvalue weighted by Gasteiger charge is -2.20. The average Bonchev–Trinajstić information content (AvgIpc) is 2.75. The van der Waals surface area contributed by atoms with E-state index in [1.54, 1.807) is 18.2 Å². The van der Waals surface area contributed by atoms with Gasteiger partial charge in [-0.2, -0.15) is 0 Å². The third kappa shape index (κ3) is 6.42. The van der Waals surface area contributed by atoms with E-state index in [9.17, 15) is 4.39 Å². The number of halogens is 2. The minimum Gasteiger partial charge on any atom is -0.494 e. The molecule has 0 N–H and O–H groups in total. The molecule has 0 bridgehead atoms. The van der Waals surface area contributed by atoms with Gasteiger partial charge < -0.3 is 9.47 Å². The van der Waals surface area contributed by atoms with E-state index < -0.39 is 0 Å². The zero-order chi connectivity index (χ0) is 22.2. The van der Waals surface area contributed by atoms with Crippen molar-refractivity contribution in [2.24, 2.45) is 5.92 Å². The first kappa shape index (κ1) is 22.5. The van der Waals surface area contributed by atoms with Crippen LogP contribution in [0.25, 0.3) is 0 Å². The standard InChI is InChI=1S/C27H28F2O2/c1-4-30-23-13-9-21(10-14-23)27(19(2)3)26(29)17-8-20-6-5-7-25(18-20)31-24-15-11-22(28)12-16-24/h5-7,9-19,27H,4,8H2,1-3H3. The lowest BCUT2D eigenvalue weighted by Crippen LogP contribution is -2.08. The van der Waals surface area contributed by atoms with Crippen LogP contribution in [-0.4, -0.2) is 6.61 Å². The first-order chi connectivity index (χ1) is 15.0. The third-order valence-corrected chi connectivity index (χ3v) is 4.99. The van der Waals surface area contributed by atoms with E-state index in [0.717, 1.165) is 16.9 Å². The first-order valence-corrected chi connectivity index (χ1v) is 10.6. The van der Waals surface area contributed by atoms with Crippen LogP contribution in [0.1, 0.15) is 37.8 Å². The second-order valence-corrected chi connectivity index (χ2v) is 7.72. The Bertz CT molecular complexity index is 993. The summed E-state index contributed by atoms with van der Waals surface area (Å²) in [6.45, 7) is 6.58. The molecule has 0 radical (unpaired) electrons. The van der Waals surface area contributed by atoms with Crippen LogP contribution in [0, 0.1) is 11.7 Å². The van der Waals surface area contributed by atoms with Crippen LogP contribution in [0.3, 0.4) is 0 Å². The first-order valence-electron chi connectivity index (χ1n) is 10.6. The molecule has 4 heteroatoms. The highest BCUT2D eigenvalue weighted by Crippen LogP contribution is 2.34. The Kier molecular flexibility index (Phi) is 7.82. The SMILES string of the molecule is CCOc1ccc(C(C(F)=CCc2cccc(Oc3ccc(F)cc3)c2)C(C)C)cc1. The number of rotatable bonds is 9. The quantitative estimate of drug-likeness (QED) is 0.349. The second-order valence-electron chi connectivity index (χ2n) is 7.72. The van der Waals surface area contributed by atoms with Crippen molar-refractivity contribution in [3.8, 4) is 17.2 Å². The van der Waals surface area contributed by atoms with Gasteiger partial charge in [-0.05, 0) is 85.0 Å². The molecule has 1 unspecified atom stereocenters. The Balaban J connectivity index is 1.72. The van der Waals surface area contributed by atoms with Gasteiger partial charge >= 0.3 is 0 Å². The molecule has 3 aromatic rings. The van der Waals surface area contributed by atoms with Crippen LogP contribution in [0.2, 0.25) is 0 Å². The molecule has 0 aliphatic rings. The second kappa shape index (κ2) is 10.8. The Hall–Kier alpha value is -3.14. The zero-order valence-corrected chi connectivity index (χ0v) is 18.1. The Morgan fingerprint density at radius 1 is 0.903 bits per heavy atom. The molecule has 0 spiro atoms. The highest BCUT2D eigenvalue weighted by Gasteiger charge is 2.21. The summed E-state index contributed by atoms with van der Waals surface area (Å²) in [5.41, 5.74) is 1.87. The molecule has 0 fully saturated rings. The van der Waals surface area contributed by atoms with Crippen molar-refractivity contribution in [2.45, 2.75) is 33.1 Å². The Morgan fingerprint density at radius 3 is 2.23 bits per heavy atom. The van der Waals surface area contributed by atoms with Crippen LogP contribution >= 0.6 is 0 Å². The summed E-state index contributed by atoms with van der Waals surface area (Å²) in [6.07, 6.45) is 2.09. The van der Waals surface area contributed by atoms with Gasteiger partial charge in [0.15, 0.2) is 0 Å². The van der Waals surface area contributed by atoms with Crippen LogP contribution in [0.4, 0.5) is 8.78 Å². The number of allylic oxidation sites excluding steroid dienone is 2. The summed E-state index contributed by atoms with van der Waals surface area (Å²) in [6, 6.07) is 21.0. The number of hydrogen-bond donors (Lipinski definition) is 0. The van der Waals surface area contributed by atoms with Gasteiger partial charge in [-0.25, -0.2) is 8.78 Å². The van der Waals surface area contributed by atoms with Crippen molar-refractivity contribution in [1.82, 2.24) is 0 Å². The molecule has 0 heterocycles. The third-order valence-electron chi connectivity index (χ3n) is 4.99. The molecule has 0 saturated carbocycles. The van der Waals surface area contributed by atoms with Crippen molar-refractivity contribution in [3.63, 3.8) is 0 Å². The van der Waals surface area contributed by atoms with Crippen LogP contribution < -0.4 is 9.47 Å². The van der Waals surface area contributed by atoms with Crippen molar-refractivity contribution >= 4 is 0 Å². The molecule has 2 nitrogen and oxygen atoms in total. The summed E-state index contributed by atoms with van der Waals surface area (Å²) >= 11 is 0. The lowest BCUT2D eigenvalue weighted by molar-refractivity contribution is 0.340. The molecular weight excluding hydrogens is 394 g/mol. The van der Waals surface area contributed by atoms with E-state index in [1.165, 1.54) is 12.1 Å². The van der Waals surface area contributed by atoms with E-state index in [1.807, 2.05) is 69.3 Å². The zero-order valence-electron chi connectivity index (χ0n) is 18.1. The molecule has 0 aromatic heterocycles. The van der Waals surface area contributed by atoms with Crippen LogP contribution in [0.15, 0.2) is 84.7 Å². The van der Waals surface area contributed by atoms with E-state index >= 15 is 4.39 Å². The van der Waals surface area contributed by atoms with Crippen molar-refractivity contribution in [2.75, 3.05) is 6.61 Å². The van der Waals surface area contributed by atoms with Gasteiger partial charge in [-0.15, -0.1) is 0 Å². The highest BCUT2D eigenvalue weighted by molar-refractivity contribution is 5.36. The van der Waals surface area contributed by atoms with E-state index in [0.29, 0.717) is 24.5 Å². The minimum absolute atomic E-state index is 0.113. The van der Waals surface area contributed by atoms with E-state index in [2.05, 4.69) is 0 Å². The summed E-state index contributed by atoms with van der Waals surface area (Å²) in [4.78, 5) is 0. The molecule has 0 amide bonds. The van der Waals surface area contributed by atoms with E-state index in [4.69, 9.17) is 9.47 Å². The molecule has 0 saturated heterocycles. The summed E-state index contributed by atoms with van der Waals surface area (Å²) in [5.74, 6) is 1.31. The molecular formula is C27H28F2O2. The molecule has 31 heavy (non-hydrogen) atoms. The van der Waals surface area contributed by atoms with Gasteiger partial charge in [-0.3, -0.25) is 0 Å². The topological polar surface area (TPSA) is 18.5 Å². The maximum atomic E-state index is 15.2. The fourth-order valence-electron chi connectivity index (χ4n) is 3.52. The average molecular weight is 423 g/mol. The van der Waals surface area contributed by atoms with Gasteiger partial charge in [0.05, 0.1) is 6.61 Å². The van der Waals surface area contributed by atoms with Crippen molar-refractivity contribution in [3.05, 3.63) is 102 Å². The van der Waals surface area contributed by atoms with Crippen LogP contribution in [-0.2, 0) is 6.42 Å². The minimum atomic E-state index is -0.311. The highest BCUT2D eigenvalue weighted by atomic mass is 19.1. The number of benzene rings is 3. The summed E-state index contributed by atoms with van der Waals surface area (Å²) in [5, 5.41) is 0. The fraction of sp³-hybridized carbons (Fsp3) is 0.259. The van der Waals surface area contributed by atoms with Gasteiger partial charge in [0, 0.05) is 5.92 Å². The molecule has 3 aromatic carbocycles. The molecule has 162 valence electrons. The smallest absolute Gasteiger partial charge is 0.127 e. The maximum Gasteiger partial charge on any atom is 0.127 e. The normalized spacial score (nSPS) is 12.6. The van der Waals surface area contributed by atoms with Gasteiger partial charge in [0.2, 0.25) is 0 Å². The number of ether oxygens (including phenoxy) is 2.